The second kappa shape index (κ2) is 5.00. The van der Waals surface area contributed by atoms with Crippen molar-refractivity contribution in [2.24, 2.45) is 5.73 Å². The third-order valence-corrected chi connectivity index (χ3v) is 1.43. The van der Waals surface area contributed by atoms with Crippen molar-refractivity contribution in [1.82, 2.24) is 9.97 Å². The SMILES string of the molecule is CCNc1nccc(NCC(N)=O)n1. The summed E-state index contributed by atoms with van der Waals surface area (Å²) in [4.78, 5) is 18.6. The molecular weight excluding hydrogens is 182 g/mol. The number of nitrogens with zero attached hydrogens (tertiary/aromatic N) is 2. The zero-order valence-corrected chi connectivity index (χ0v) is 7.95. The van der Waals surface area contributed by atoms with Gasteiger partial charge in [0.05, 0.1) is 6.54 Å². The Labute approximate surface area is 81.9 Å². The minimum atomic E-state index is -0.423. The first-order valence-electron chi connectivity index (χ1n) is 4.31. The predicted octanol–water partition coefficient (Wildman–Crippen LogP) is -0.194. The van der Waals surface area contributed by atoms with Crippen LogP contribution in [0.15, 0.2) is 12.3 Å². The average molecular weight is 195 g/mol. The molecule has 1 amide bonds. The summed E-state index contributed by atoms with van der Waals surface area (Å²) in [6.07, 6.45) is 1.61. The number of nitrogens with two attached hydrogens (primary N) is 1. The van der Waals surface area contributed by atoms with Crippen LogP contribution in [0, 0.1) is 0 Å². The van der Waals surface area contributed by atoms with Crippen LogP contribution >= 0.6 is 0 Å². The Bertz CT molecular complexity index is 314. The topological polar surface area (TPSA) is 92.9 Å². The maximum Gasteiger partial charge on any atom is 0.236 e. The summed E-state index contributed by atoms with van der Waals surface area (Å²) in [5, 5.41) is 5.73. The summed E-state index contributed by atoms with van der Waals surface area (Å²) >= 11 is 0. The molecule has 14 heavy (non-hydrogen) atoms. The van der Waals surface area contributed by atoms with Gasteiger partial charge >= 0.3 is 0 Å². The van der Waals surface area contributed by atoms with E-state index in [2.05, 4.69) is 20.6 Å². The molecule has 6 heteroatoms. The number of hydrogen-bond donors (Lipinski definition) is 3. The quantitative estimate of drug-likeness (QED) is 0.605. The van der Waals surface area contributed by atoms with Crippen LogP contribution < -0.4 is 16.4 Å². The fourth-order valence-corrected chi connectivity index (χ4v) is 0.878. The lowest BCUT2D eigenvalue weighted by Gasteiger charge is -2.04. The van der Waals surface area contributed by atoms with Crippen molar-refractivity contribution >= 4 is 17.7 Å². The second-order valence-corrected chi connectivity index (χ2v) is 2.62. The standard InChI is InChI=1S/C8H13N5O/c1-2-10-8-11-4-3-7(13-8)12-5-6(9)14/h3-4H,2,5H2,1H3,(H2,9,14)(H2,10,11,12,13). The van der Waals surface area contributed by atoms with Crippen molar-refractivity contribution in [3.63, 3.8) is 0 Å². The van der Waals surface area contributed by atoms with E-state index in [0.717, 1.165) is 6.54 Å². The fraction of sp³-hybridized carbons (Fsp3) is 0.375. The van der Waals surface area contributed by atoms with Gasteiger partial charge in [-0.25, -0.2) is 4.98 Å². The molecule has 0 aliphatic carbocycles. The molecule has 0 fully saturated rings. The molecule has 0 atom stereocenters. The van der Waals surface area contributed by atoms with Crippen LogP contribution in [-0.2, 0) is 4.79 Å². The molecule has 1 aromatic rings. The van der Waals surface area contributed by atoms with E-state index in [1.165, 1.54) is 0 Å². The van der Waals surface area contributed by atoms with E-state index in [0.29, 0.717) is 11.8 Å². The molecular formula is C8H13N5O. The van der Waals surface area contributed by atoms with Crippen molar-refractivity contribution in [3.8, 4) is 0 Å². The van der Waals surface area contributed by atoms with Gasteiger partial charge in [0.15, 0.2) is 0 Å². The molecule has 0 bridgehead atoms. The van der Waals surface area contributed by atoms with Crippen molar-refractivity contribution in [3.05, 3.63) is 12.3 Å². The molecule has 76 valence electrons. The van der Waals surface area contributed by atoms with Gasteiger partial charge in [-0.15, -0.1) is 0 Å². The molecule has 6 nitrogen and oxygen atoms in total. The Morgan fingerprint density at radius 1 is 1.57 bits per heavy atom. The molecule has 0 aliphatic rings. The van der Waals surface area contributed by atoms with Crippen LogP contribution in [0.3, 0.4) is 0 Å². The zero-order chi connectivity index (χ0) is 10.4. The Kier molecular flexibility index (Phi) is 3.66. The second-order valence-electron chi connectivity index (χ2n) is 2.62. The van der Waals surface area contributed by atoms with E-state index in [-0.39, 0.29) is 6.54 Å². The highest BCUT2D eigenvalue weighted by atomic mass is 16.1. The summed E-state index contributed by atoms with van der Waals surface area (Å²) in [6.45, 7) is 2.77. The van der Waals surface area contributed by atoms with Gasteiger partial charge < -0.3 is 16.4 Å². The Balaban J connectivity index is 2.58. The molecule has 0 saturated carbocycles. The number of amides is 1. The molecule has 1 rings (SSSR count). The summed E-state index contributed by atoms with van der Waals surface area (Å²) in [6, 6.07) is 1.67. The average Bonchev–Trinajstić information content (AvgIpc) is 2.16. The normalized spacial score (nSPS) is 9.50. The van der Waals surface area contributed by atoms with Gasteiger partial charge in [-0.3, -0.25) is 4.79 Å². The van der Waals surface area contributed by atoms with E-state index < -0.39 is 5.91 Å². The third-order valence-electron chi connectivity index (χ3n) is 1.43. The Hall–Kier alpha value is -1.85. The number of hydrogen-bond acceptors (Lipinski definition) is 5. The molecule has 1 heterocycles. The van der Waals surface area contributed by atoms with E-state index in [9.17, 15) is 4.79 Å². The van der Waals surface area contributed by atoms with E-state index in [1.54, 1.807) is 12.3 Å². The van der Waals surface area contributed by atoms with Gasteiger partial charge in [0, 0.05) is 12.7 Å². The van der Waals surface area contributed by atoms with Crippen molar-refractivity contribution in [2.45, 2.75) is 6.92 Å². The monoisotopic (exact) mass is 195 g/mol. The van der Waals surface area contributed by atoms with E-state index in [1.807, 2.05) is 6.92 Å². The largest absolute Gasteiger partial charge is 0.368 e. The van der Waals surface area contributed by atoms with Gasteiger partial charge in [-0.1, -0.05) is 0 Å². The number of primary amides is 1. The van der Waals surface area contributed by atoms with Gasteiger partial charge in [0.2, 0.25) is 11.9 Å². The highest BCUT2D eigenvalue weighted by Gasteiger charge is 1.98. The minimum absolute atomic E-state index is 0.0720. The number of anilines is 2. The number of carbonyl (C=O) groups excluding carboxylic acids is 1. The number of carbonyl (C=O) groups is 1. The van der Waals surface area contributed by atoms with Crippen molar-refractivity contribution in [1.29, 1.82) is 0 Å². The highest BCUT2D eigenvalue weighted by molar-refractivity contribution is 5.78. The summed E-state index contributed by atoms with van der Waals surface area (Å²) in [5.74, 6) is 0.685. The third kappa shape index (κ3) is 3.26. The first-order valence-corrected chi connectivity index (χ1v) is 4.31. The van der Waals surface area contributed by atoms with Gasteiger partial charge in [-0.2, -0.15) is 4.98 Å². The van der Waals surface area contributed by atoms with Gasteiger partial charge in [-0.05, 0) is 13.0 Å². The molecule has 0 radical (unpaired) electrons. The number of aromatic nitrogens is 2. The van der Waals surface area contributed by atoms with Crippen LogP contribution in [0.2, 0.25) is 0 Å². The molecule has 0 aliphatic heterocycles. The number of rotatable bonds is 5. The molecule has 4 N–H and O–H groups in total. The minimum Gasteiger partial charge on any atom is -0.368 e. The van der Waals surface area contributed by atoms with E-state index in [4.69, 9.17) is 5.73 Å². The lowest BCUT2D eigenvalue weighted by atomic mass is 10.5. The van der Waals surface area contributed by atoms with Crippen LogP contribution in [0.25, 0.3) is 0 Å². The first kappa shape index (κ1) is 10.2. The molecule has 0 spiro atoms. The summed E-state index contributed by atoms with van der Waals surface area (Å²) < 4.78 is 0. The van der Waals surface area contributed by atoms with Crippen LogP contribution in [0.5, 0.6) is 0 Å². The molecule has 0 unspecified atom stereocenters. The maximum absolute atomic E-state index is 10.5. The predicted molar refractivity (Wildman–Crippen MR) is 53.9 cm³/mol. The fourth-order valence-electron chi connectivity index (χ4n) is 0.878. The maximum atomic E-state index is 10.5. The van der Waals surface area contributed by atoms with Crippen LogP contribution in [0.4, 0.5) is 11.8 Å². The lowest BCUT2D eigenvalue weighted by molar-refractivity contribution is -0.116. The molecule has 0 saturated heterocycles. The highest BCUT2D eigenvalue weighted by Crippen LogP contribution is 2.04. The molecule has 0 aromatic carbocycles. The van der Waals surface area contributed by atoms with Crippen molar-refractivity contribution < 1.29 is 4.79 Å². The smallest absolute Gasteiger partial charge is 0.236 e. The van der Waals surface area contributed by atoms with E-state index >= 15 is 0 Å². The van der Waals surface area contributed by atoms with Crippen LogP contribution in [0.1, 0.15) is 6.92 Å². The lowest BCUT2D eigenvalue weighted by Crippen LogP contribution is -2.22. The van der Waals surface area contributed by atoms with Gasteiger partial charge in [0.1, 0.15) is 5.82 Å². The Morgan fingerprint density at radius 3 is 3.00 bits per heavy atom. The van der Waals surface area contributed by atoms with Crippen molar-refractivity contribution in [2.75, 3.05) is 23.7 Å². The number of nitrogens with one attached hydrogen (secondary N) is 2. The Morgan fingerprint density at radius 2 is 2.36 bits per heavy atom. The summed E-state index contributed by atoms with van der Waals surface area (Å²) in [5.41, 5.74) is 4.98. The molecule has 1 aromatic heterocycles. The first-order chi connectivity index (χ1) is 6.72. The van der Waals surface area contributed by atoms with Crippen LogP contribution in [-0.4, -0.2) is 29.0 Å². The summed E-state index contributed by atoms with van der Waals surface area (Å²) in [7, 11) is 0. The zero-order valence-electron chi connectivity index (χ0n) is 7.95. The van der Waals surface area contributed by atoms with Gasteiger partial charge in [0.25, 0.3) is 0 Å².